The lowest BCUT2D eigenvalue weighted by atomic mass is 9.84. The zero-order chi connectivity index (χ0) is 36.6. The Labute approximate surface area is 318 Å². The molecular weight excluding hydrogens is 669 g/mol. The molecule has 0 fully saturated rings. The number of hydrogen-bond donors (Lipinski definition) is 0. The van der Waals surface area contributed by atoms with Crippen molar-refractivity contribution < 1.29 is 8.83 Å². The first-order valence-corrected chi connectivity index (χ1v) is 18.8. The number of furan rings is 2. The first kappa shape index (κ1) is 31.4. The van der Waals surface area contributed by atoms with E-state index in [9.17, 15) is 0 Å². The Bertz CT molecular complexity index is 3270. The summed E-state index contributed by atoms with van der Waals surface area (Å²) in [5.41, 5.74) is 11.1. The minimum atomic E-state index is 0.717. The van der Waals surface area contributed by atoms with Gasteiger partial charge in [-0.1, -0.05) is 152 Å². The maximum Gasteiger partial charge on any atom is 0.143 e. The Balaban J connectivity index is 1.02. The molecule has 2 aromatic heterocycles. The van der Waals surface area contributed by atoms with Crippen LogP contribution in [0, 0.1) is 6.92 Å². The topological polar surface area (TPSA) is 26.3 Å². The van der Waals surface area contributed by atoms with E-state index < -0.39 is 0 Å². The van der Waals surface area contributed by atoms with Gasteiger partial charge in [0.15, 0.2) is 0 Å². The minimum Gasteiger partial charge on any atom is -0.456 e. The van der Waals surface area contributed by atoms with E-state index in [0.717, 1.165) is 66.5 Å². The lowest BCUT2D eigenvalue weighted by Crippen LogP contribution is -1.91. The standard InChI is InChI=1S/C53H34O2/c1-3-47-51(52-32(2)38-15-10-11-22-48(38)55-52)46-30-28-37-31-36(27-29-40(37)53(46)54-47)33-23-25-35(26-24-33)49-42-17-6-8-19-44(42)50(45-20-9-7-18-43(45)49)41-21-12-14-34-13-4-5-16-39(34)41/h3-31H,1H2,2H3. The fourth-order valence-electron chi connectivity index (χ4n) is 8.87. The summed E-state index contributed by atoms with van der Waals surface area (Å²) in [5, 5.41) is 11.8. The van der Waals surface area contributed by atoms with E-state index >= 15 is 0 Å². The number of fused-ring (bicyclic) bond motifs is 7. The lowest BCUT2D eigenvalue weighted by Gasteiger charge is -2.19. The van der Waals surface area contributed by atoms with Crippen LogP contribution in [0.5, 0.6) is 0 Å². The third kappa shape index (κ3) is 4.75. The molecule has 11 aromatic rings. The molecule has 0 aliphatic carbocycles. The van der Waals surface area contributed by atoms with Crippen molar-refractivity contribution in [3.8, 4) is 44.7 Å². The molecule has 55 heavy (non-hydrogen) atoms. The molecule has 2 nitrogen and oxygen atoms in total. The number of para-hydroxylation sites is 1. The van der Waals surface area contributed by atoms with E-state index in [1.807, 2.05) is 18.2 Å². The first-order chi connectivity index (χ1) is 27.2. The number of rotatable bonds is 5. The van der Waals surface area contributed by atoms with Crippen LogP contribution in [-0.2, 0) is 0 Å². The van der Waals surface area contributed by atoms with Crippen LogP contribution >= 0.6 is 0 Å². The van der Waals surface area contributed by atoms with Crippen molar-refractivity contribution in [1.82, 2.24) is 0 Å². The highest BCUT2D eigenvalue weighted by Gasteiger charge is 2.23. The number of benzene rings is 9. The quantitative estimate of drug-likeness (QED) is 0.167. The third-order valence-electron chi connectivity index (χ3n) is 11.5. The highest BCUT2D eigenvalue weighted by atomic mass is 16.4. The molecule has 0 bridgehead atoms. The molecule has 0 atom stereocenters. The van der Waals surface area contributed by atoms with Gasteiger partial charge >= 0.3 is 0 Å². The van der Waals surface area contributed by atoms with Crippen LogP contribution in [0.15, 0.2) is 185 Å². The Morgan fingerprint density at radius 3 is 1.71 bits per heavy atom. The van der Waals surface area contributed by atoms with Gasteiger partial charge in [0.05, 0.1) is 5.56 Å². The van der Waals surface area contributed by atoms with Crippen molar-refractivity contribution in [2.24, 2.45) is 0 Å². The van der Waals surface area contributed by atoms with Crippen LogP contribution in [-0.4, -0.2) is 0 Å². The van der Waals surface area contributed by atoms with Gasteiger partial charge in [-0.05, 0) is 108 Å². The average molecular weight is 703 g/mol. The smallest absolute Gasteiger partial charge is 0.143 e. The van der Waals surface area contributed by atoms with Crippen LogP contribution in [0.3, 0.4) is 0 Å². The molecule has 0 saturated carbocycles. The largest absolute Gasteiger partial charge is 0.456 e. The van der Waals surface area contributed by atoms with Crippen molar-refractivity contribution in [3.63, 3.8) is 0 Å². The zero-order valence-electron chi connectivity index (χ0n) is 30.3. The summed E-state index contributed by atoms with van der Waals surface area (Å²) < 4.78 is 12.9. The van der Waals surface area contributed by atoms with E-state index in [1.54, 1.807) is 6.08 Å². The predicted octanol–water partition coefficient (Wildman–Crippen LogP) is 15.4. The maximum absolute atomic E-state index is 6.53. The SMILES string of the molecule is C=Cc1oc2c(ccc3cc(-c4ccc(-c5c6ccccc6c(-c6cccc7ccccc67)c6ccccc56)cc4)ccc32)c1-c1oc2ccccc2c1C. The maximum atomic E-state index is 6.53. The summed E-state index contributed by atoms with van der Waals surface area (Å²) in [6.45, 7) is 6.19. The van der Waals surface area contributed by atoms with Gasteiger partial charge in [-0.25, -0.2) is 0 Å². The fraction of sp³-hybridized carbons (Fsp3) is 0.0189. The molecule has 0 saturated heterocycles. The predicted molar refractivity (Wildman–Crippen MR) is 233 cm³/mol. The molecule has 0 radical (unpaired) electrons. The zero-order valence-corrected chi connectivity index (χ0v) is 30.3. The van der Waals surface area contributed by atoms with Gasteiger partial charge in [0.1, 0.15) is 22.7 Å². The van der Waals surface area contributed by atoms with Crippen LogP contribution < -0.4 is 0 Å². The van der Waals surface area contributed by atoms with E-state index in [0.29, 0.717) is 0 Å². The van der Waals surface area contributed by atoms with Crippen LogP contribution in [0.1, 0.15) is 11.3 Å². The molecule has 258 valence electrons. The van der Waals surface area contributed by atoms with Crippen molar-refractivity contribution in [1.29, 1.82) is 0 Å². The van der Waals surface area contributed by atoms with E-state index in [4.69, 9.17) is 8.83 Å². The van der Waals surface area contributed by atoms with Crippen LogP contribution in [0.25, 0.3) is 116 Å². The Morgan fingerprint density at radius 2 is 1.00 bits per heavy atom. The molecule has 0 spiro atoms. The molecule has 2 heteroatoms. The Kier molecular flexibility index (Phi) is 6.96. The average Bonchev–Trinajstić information content (AvgIpc) is 3.79. The summed E-state index contributed by atoms with van der Waals surface area (Å²) in [4.78, 5) is 0. The summed E-state index contributed by atoms with van der Waals surface area (Å²) in [5.74, 6) is 1.55. The van der Waals surface area contributed by atoms with Gasteiger partial charge in [-0.2, -0.15) is 0 Å². The molecule has 0 amide bonds. The molecule has 0 unspecified atom stereocenters. The summed E-state index contributed by atoms with van der Waals surface area (Å²) >= 11 is 0. The molecule has 0 N–H and O–H groups in total. The van der Waals surface area contributed by atoms with Crippen molar-refractivity contribution in [2.45, 2.75) is 6.92 Å². The molecule has 11 rings (SSSR count). The molecule has 9 aromatic carbocycles. The van der Waals surface area contributed by atoms with E-state index in [2.05, 4.69) is 165 Å². The number of aryl methyl sites for hydroxylation is 1. The van der Waals surface area contributed by atoms with Gasteiger partial charge < -0.3 is 8.83 Å². The molecular formula is C53H34O2. The van der Waals surface area contributed by atoms with Crippen molar-refractivity contribution in [2.75, 3.05) is 0 Å². The minimum absolute atomic E-state index is 0.717. The second kappa shape index (κ2) is 12.2. The Hall–Kier alpha value is -7.16. The Morgan fingerprint density at radius 1 is 0.418 bits per heavy atom. The normalized spacial score (nSPS) is 11.8. The van der Waals surface area contributed by atoms with E-state index in [-0.39, 0.29) is 0 Å². The second-order valence-electron chi connectivity index (χ2n) is 14.4. The van der Waals surface area contributed by atoms with Gasteiger partial charge in [0, 0.05) is 21.7 Å². The van der Waals surface area contributed by atoms with Gasteiger partial charge in [-0.15, -0.1) is 0 Å². The van der Waals surface area contributed by atoms with Gasteiger partial charge in [0.25, 0.3) is 0 Å². The van der Waals surface area contributed by atoms with Gasteiger partial charge in [0.2, 0.25) is 0 Å². The van der Waals surface area contributed by atoms with Gasteiger partial charge in [-0.3, -0.25) is 0 Å². The van der Waals surface area contributed by atoms with Crippen molar-refractivity contribution in [3.05, 3.63) is 188 Å². The summed E-state index contributed by atoms with van der Waals surface area (Å²) in [7, 11) is 0. The van der Waals surface area contributed by atoms with Crippen LogP contribution in [0.2, 0.25) is 0 Å². The monoisotopic (exact) mass is 702 g/mol. The highest BCUT2D eigenvalue weighted by molar-refractivity contribution is 6.23. The fourth-order valence-corrected chi connectivity index (χ4v) is 8.87. The third-order valence-corrected chi connectivity index (χ3v) is 11.5. The first-order valence-electron chi connectivity index (χ1n) is 18.8. The van der Waals surface area contributed by atoms with Crippen molar-refractivity contribution >= 4 is 71.1 Å². The molecule has 0 aliphatic rings. The van der Waals surface area contributed by atoms with Crippen LogP contribution in [0.4, 0.5) is 0 Å². The number of hydrogen-bond acceptors (Lipinski definition) is 2. The molecule has 0 aliphatic heterocycles. The molecule has 2 heterocycles. The summed E-state index contributed by atoms with van der Waals surface area (Å²) in [6.07, 6.45) is 1.79. The lowest BCUT2D eigenvalue weighted by molar-refractivity contribution is 0.598. The highest BCUT2D eigenvalue weighted by Crippen LogP contribution is 2.46. The summed E-state index contributed by atoms with van der Waals surface area (Å²) in [6, 6.07) is 61.3. The second-order valence-corrected chi connectivity index (χ2v) is 14.4. The van der Waals surface area contributed by atoms with E-state index in [1.165, 1.54) is 54.6 Å².